The third-order valence-electron chi connectivity index (χ3n) is 6.76. The highest BCUT2D eigenvalue weighted by Gasteiger charge is 2.37. The van der Waals surface area contributed by atoms with Crippen LogP contribution in [0.1, 0.15) is 35.3 Å². The van der Waals surface area contributed by atoms with Gasteiger partial charge in [0.05, 0.1) is 13.2 Å². The molecule has 1 aliphatic rings. The summed E-state index contributed by atoms with van der Waals surface area (Å²) in [6, 6.07) is 22.3. The molecule has 1 unspecified atom stereocenters. The minimum absolute atomic E-state index is 0.114. The number of nitrogens with one attached hydrogen (secondary N) is 2. The Hall–Kier alpha value is -3.77. The minimum atomic E-state index is -0.675. The topological polar surface area (TPSA) is 74.4 Å². The number of amides is 2. The third-order valence-corrected chi connectivity index (χ3v) is 7.00. The van der Waals surface area contributed by atoms with Crippen LogP contribution in [0.25, 0.3) is 10.9 Å². The SMILES string of the molecule is COc1ccc(C2c3[nH]c4ccc(Cl)cc4c3CCN2C(=O)[C@H](Cc2ccccc2)NC(C)=O)cc1. The molecule has 0 spiro atoms. The molecule has 4 aromatic rings. The molecule has 0 saturated heterocycles. The first-order valence-electron chi connectivity index (χ1n) is 12.0. The van der Waals surface area contributed by atoms with Crippen molar-refractivity contribution >= 4 is 34.3 Å². The number of ether oxygens (including phenoxy) is 1. The van der Waals surface area contributed by atoms with Gasteiger partial charge in [0.2, 0.25) is 11.8 Å². The first-order valence-corrected chi connectivity index (χ1v) is 12.4. The molecule has 184 valence electrons. The lowest BCUT2D eigenvalue weighted by molar-refractivity contribution is -0.138. The van der Waals surface area contributed by atoms with Gasteiger partial charge in [0.1, 0.15) is 11.8 Å². The number of H-pyrrole nitrogens is 1. The van der Waals surface area contributed by atoms with Crippen LogP contribution in [0, 0.1) is 0 Å². The van der Waals surface area contributed by atoms with Gasteiger partial charge in [-0.2, -0.15) is 0 Å². The van der Waals surface area contributed by atoms with Crippen molar-refractivity contribution in [3.63, 3.8) is 0 Å². The molecule has 1 aromatic heterocycles. The number of hydrogen-bond acceptors (Lipinski definition) is 3. The van der Waals surface area contributed by atoms with Gasteiger partial charge in [-0.25, -0.2) is 0 Å². The lowest BCUT2D eigenvalue weighted by atomic mass is 9.91. The number of carbonyl (C=O) groups excluding carboxylic acids is 2. The van der Waals surface area contributed by atoms with E-state index in [0.29, 0.717) is 24.4 Å². The van der Waals surface area contributed by atoms with Crippen molar-refractivity contribution in [3.05, 3.63) is 100 Å². The largest absolute Gasteiger partial charge is 0.497 e. The maximum absolute atomic E-state index is 14.1. The molecule has 0 fully saturated rings. The van der Waals surface area contributed by atoms with Crippen LogP contribution in [0.15, 0.2) is 72.8 Å². The van der Waals surface area contributed by atoms with Crippen molar-refractivity contribution in [1.82, 2.24) is 15.2 Å². The Morgan fingerprint density at radius 2 is 1.86 bits per heavy atom. The fourth-order valence-electron chi connectivity index (χ4n) is 5.13. The summed E-state index contributed by atoms with van der Waals surface area (Å²) in [7, 11) is 1.63. The molecule has 2 amide bonds. The summed E-state index contributed by atoms with van der Waals surface area (Å²) in [5, 5.41) is 4.65. The maximum Gasteiger partial charge on any atom is 0.246 e. The van der Waals surface area contributed by atoms with Crippen molar-refractivity contribution < 1.29 is 14.3 Å². The van der Waals surface area contributed by atoms with Crippen molar-refractivity contribution in [3.8, 4) is 5.75 Å². The number of methoxy groups -OCH3 is 1. The molecule has 6 nitrogen and oxygen atoms in total. The predicted octanol–water partition coefficient (Wildman–Crippen LogP) is 5.05. The first kappa shape index (κ1) is 23.9. The zero-order chi connectivity index (χ0) is 25.2. The van der Waals surface area contributed by atoms with Gasteiger partial charge in [-0.3, -0.25) is 9.59 Å². The smallest absolute Gasteiger partial charge is 0.246 e. The molecular weight excluding hydrogens is 474 g/mol. The standard InChI is InChI=1S/C29H28ClN3O3/c1-18(34)31-26(16-19-6-4-3-5-7-19)29(35)33-15-14-23-24-17-21(30)10-13-25(24)32-27(23)28(33)20-8-11-22(36-2)12-9-20/h3-13,17,26,28,32H,14-16H2,1-2H3,(H,31,34)/t26-,28?/m0/s1. The molecule has 1 aliphatic heterocycles. The second kappa shape index (κ2) is 10.1. The van der Waals surface area contributed by atoms with E-state index in [1.807, 2.05) is 77.7 Å². The number of halogens is 1. The summed E-state index contributed by atoms with van der Waals surface area (Å²) in [6.07, 6.45) is 1.10. The number of aromatic nitrogens is 1. The van der Waals surface area contributed by atoms with Crippen LogP contribution < -0.4 is 10.1 Å². The lowest BCUT2D eigenvalue weighted by Gasteiger charge is -2.38. The average Bonchev–Trinajstić information content (AvgIpc) is 3.25. The highest BCUT2D eigenvalue weighted by molar-refractivity contribution is 6.31. The van der Waals surface area contributed by atoms with Gasteiger partial charge in [0, 0.05) is 41.5 Å². The summed E-state index contributed by atoms with van der Waals surface area (Å²) in [6.45, 7) is 1.97. The van der Waals surface area contributed by atoms with E-state index >= 15 is 0 Å². The molecule has 0 radical (unpaired) electrons. The van der Waals surface area contributed by atoms with E-state index in [2.05, 4.69) is 10.3 Å². The quantitative estimate of drug-likeness (QED) is 0.388. The maximum atomic E-state index is 14.1. The van der Waals surface area contributed by atoms with Crippen molar-refractivity contribution in [2.75, 3.05) is 13.7 Å². The molecule has 36 heavy (non-hydrogen) atoms. The van der Waals surface area contributed by atoms with E-state index < -0.39 is 6.04 Å². The number of hydrogen-bond donors (Lipinski definition) is 2. The fraction of sp³-hybridized carbons (Fsp3) is 0.241. The molecule has 2 N–H and O–H groups in total. The number of nitrogens with zero attached hydrogens (tertiary/aromatic N) is 1. The van der Waals surface area contributed by atoms with E-state index in [-0.39, 0.29) is 17.9 Å². The van der Waals surface area contributed by atoms with Gasteiger partial charge in [-0.15, -0.1) is 0 Å². The molecule has 2 atom stereocenters. The van der Waals surface area contributed by atoms with Crippen LogP contribution in [0.3, 0.4) is 0 Å². The Morgan fingerprint density at radius 3 is 2.56 bits per heavy atom. The van der Waals surface area contributed by atoms with E-state index in [1.54, 1.807) is 7.11 Å². The Balaban J connectivity index is 1.58. The van der Waals surface area contributed by atoms with Gasteiger partial charge in [0.25, 0.3) is 0 Å². The van der Waals surface area contributed by atoms with E-state index in [4.69, 9.17) is 16.3 Å². The van der Waals surface area contributed by atoms with Gasteiger partial charge in [0.15, 0.2) is 0 Å². The van der Waals surface area contributed by atoms with Gasteiger partial charge in [-0.1, -0.05) is 54.1 Å². The fourth-order valence-corrected chi connectivity index (χ4v) is 5.30. The predicted molar refractivity (Wildman–Crippen MR) is 141 cm³/mol. The summed E-state index contributed by atoms with van der Waals surface area (Å²) < 4.78 is 5.36. The molecule has 5 rings (SSSR count). The van der Waals surface area contributed by atoms with Crippen LogP contribution in [-0.4, -0.2) is 41.4 Å². The zero-order valence-corrected chi connectivity index (χ0v) is 21.0. The second-order valence-corrected chi connectivity index (χ2v) is 9.54. The second-order valence-electron chi connectivity index (χ2n) is 9.11. The van der Waals surface area contributed by atoms with Crippen molar-refractivity contribution in [2.45, 2.75) is 31.8 Å². The van der Waals surface area contributed by atoms with E-state index in [9.17, 15) is 9.59 Å². The van der Waals surface area contributed by atoms with Crippen molar-refractivity contribution in [2.24, 2.45) is 0 Å². The van der Waals surface area contributed by atoms with Gasteiger partial charge in [-0.05, 0) is 53.4 Å². The number of benzene rings is 3. The normalized spacial score (nSPS) is 15.9. The molecular formula is C29H28ClN3O3. The van der Waals surface area contributed by atoms with Crippen LogP contribution in [0.5, 0.6) is 5.75 Å². The molecule has 3 aromatic carbocycles. The third kappa shape index (κ3) is 4.69. The number of carbonyl (C=O) groups is 2. The number of aromatic amines is 1. The van der Waals surface area contributed by atoms with Gasteiger partial charge < -0.3 is 19.9 Å². The van der Waals surface area contributed by atoms with E-state index in [0.717, 1.165) is 39.0 Å². The molecule has 0 saturated carbocycles. The molecule has 0 aliphatic carbocycles. The molecule has 0 bridgehead atoms. The number of rotatable bonds is 6. The Bertz CT molecular complexity index is 1400. The Labute approximate surface area is 215 Å². The lowest BCUT2D eigenvalue weighted by Crippen LogP contribution is -2.52. The molecule has 2 heterocycles. The van der Waals surface area contributed by atoms with Crippen LogP contribution in [-0.2, 0) is 22.4 Å². The summed E-state index contributed by atoms with van der Waals surface area (Å²) in [5.41, 5.74) is 5.07. The number of fused-ring (bicyclic) bond motifs is 3. The monoisotopic (exact) mass is 501 g/mol. The zero-order valence-electron chi connectivity index (χ0n) is 20.3. The highest BCUT2D eigenvalue weighted by Crippen LogP contribution is 2.40. The summed E-state index contributed by atoms with van der Waals surface area (Å²) in [4.78, 5) is 31.6. The van der Waals surface area contributed by atoms with E-state index in [1.165, 1.54) is 6.92 Å². The van der Waals surface area contributed by atoms with Crippen LogP contribution >= 0.6 is 11.6 Å². The van der Waals surface area contributed by atoms with Crippen LogP contribution in [0.4, 0.5) is 0 Å². The van der Waals surface area contributed by atoms with Crippen LogP contribution in [0.2, 0.25) is 5.02 Å². The Kier molecular flexibility index (Phi) is 6.70. The minimum Gasteiger partial charge on any atom is -0.497 e. The average molecular weight is 502 g/mol. The van der Waals surface area contributed by atoms with Gasteiger partial charge >= 0.3 is 0 Å². The summed E-state index contributed by atoms with van der Waals surface area (Å²) in [5.74, 6) is 0.400. The van der Waals surface area contributed by atoms with Crippen molar-refractivity contribution in [1.29, 1.82) is 0 Å². The summed E-state index contributed by atoms with van der Waals surface area (Å²) >= 11 is 6.32. The Morgan fingerprint density at radius 1 is 1.11 bits per heavy atom. The first-order chi connectivity index (χ1) is 17.4. The highest BCUT2D eigenvalue weighted by atomic mass is 35.5. The molecule has 7 heteroatoms.